The van der Waals surface area contributed by atoms with E-state index in [0.717, 1.165) is 27.8 Å². The predicted molar refractivity (Wildman–Crippen MR) is 154 cm³/mol. The molecule has 192 valence electrons. The van der Waals surface area contributed by atoms with Crippen LogP contribution in [0.4, 0.5) is 0 Å². The van der Waals surface area contributed by atoms with E-state index in [1.165, 1.54) is 7.11 Å². The van der Waals surface area contributed by atoms with Crippen molar-refractivity contribution in [2.24, 2.45) is 0 Å². The highest BCUT2D eigenvalue weighted by molar-refractivity contribution is 6.14. The first kappa shape index (κ1) is 27.0. The van der Waals surface area contributed by atoms with Crippen molar-refractivity contribution >= 4 is 17.5 Å². The molecule has 0 spiro atoms. The first-order valence-corrected chi connectivity index (χ1v) is 12.5. The second kappa shape index (κ2) is 12.9. The van der Waals surface area contributed by atoms with Crippen LogP contribution in [0.5, 0.6) is 0 Å². The van der Waals surface area contributed by atoms with Gasteiger partial charge in [0.25, 0.3) is 0 Å². The van der Waals surface area contributed by atoms with Crippen LogP contribution in [0.1, 0.15) is 47.8 Å². The quantitative estimate of drug-likeness (QED) is 0.174. The minimum Gasteiger partial charge on any atom is -0.465 e. The number of ether oxygens (including phenoxy) is 1. The Labute approximate surface area is 228 Å². The number of hydrogen-bond donors (Lipinski definition) is 0. The van der Waals surface area contributed by atoms with E-state index in [1.807, 2.05) is 79.7 Å². The fraction of sp³-hybridized carbons (Fsp3) is 0.0571. The van der Waals surface area contributed by atoms with Crippen LogP contribution in [0.15, 0.2) is 133 Å². The minimum absolute atomic E-state index is 0.0679. The van der Waals surface area contributed by atoms with Gasteiger partial charge in [0.2, 0.25) is 0 Å². The molecule has 0 heterocycles. The number of carbonyl (C=O) groups is 3. The third kappa shape index (κ3) is 6.82. The molecule has 0 N–H and O–H groups in total. The van der Waals surface area contributed by atoms with Crippen molar-refractivity contribution in [1.29, 1.82) is 0 Å². The number of benzene rings is 5. The van der Waals surface area contributed by atoms with Gasteiger partial charge in [0.15, 0.2) is 11.6 Å². The van der Waals surface area contributed by atoms with Gasteiger partial charge in [-0.25, -0.2) is 4.79 Å². The van der Waals surface area contributed by atoms with Crippen LogP contribution < -0.4 is 0 Å². The molecular formula is C35H28O4. The number of hydrogen-bond acceptors (Lipinski definition) is 4. The number of esters is 1. The number of ketones is 2. The Morgan fingerprint density at radius 3 is 1.62 bits per heavy atom. The van der Waals surface area contributed by atoms with Crippen molar-refractivity contribution < 1.29 is 19.1 Å². The molecule has 0 saturated carbocycles. The van der Waals surface area contributed by atoms with Crippen LogP contribution in [0.2, 0.25) is 0 Å². The molecule has 5 aromatic carbocycles. The predicted octanol–water partition coefficient (Wildman–Crippen LogP) is 7.60. The van der Waals surface area contributed by atoms with E-state index in [1.54, 1.807) is 48.5 Å². The molecule has 0 atom stereocenters. The van der Waals surface area contributed by atoms with Crippen molar-refractivity contribution in [3.63, 3.8) is 0 Å². The van der Waals surface area contributed by atoms with Gasteiger partial charge in [0.1, 0.15) is 0 Å². The Morgan fingerprint density at radius 1 is 0.487 bits per heavy atom. The molecule has 0 aliphatic carbocycles. The van der Waals surface area contributed by atoms with Crippen molar-refractivity contribution in [3.8, 4) is 11.1 Å². The summed E-state index contributed by atoms with van der Waals surface area (Å²) >= 11 is 0. The van der Waals surface area contributed by atoms with Crippen molar-refractivity contribution in [2.75, 3.05) is 7.11 Å². The molecule has 0 unspecified atom stereocenters. The zero-order valence-electron chi connectivity index (χ0n) is 21.8. The zero-order valence-corrected chi connectivity index (χ0v) is 21.8. The number of rotatable bonds is 6. The van der Waals surface area contributed by atoms with Crippen LogP contribution in [0.25, 0.3) is 11.1 Å². The van der Waals surface area contributed by atoms with Gasteiger partial charge < -0.3 is 4.74 Å². The molecule has 0 amide bonds. The number of methoxy groups -OCH3 is 1. The first-order chi connectivity index (χ1) is 19.0. The summed E-state index contributed by atoms with van der Waals surface area (Å²) in [6.45, 7) is 2.00. The van der Waals surface area contributed by atoms with Crippen LogP contribution in [0, 0.1) is 6.92 Å². The molecular weight excluding hydrogens is 484 g/mol. The lowest BCUT2D eigenvalue weighted by molar-refractivity contribution is 0.0597. The molecule has 0 aliphatic rings. The number of carbonyl (C=O) groups excluding carboxylic acids is 3. The Balaban J connectivity index is 0.000000183. The summed E-state index contributed by atoms with van der Waals surface area (Å²) in [7, 11) is 1.30. The van der Waals surface area contributed by atoms with Gasteiger partial charge in [0.05, 0.1) is 12.7 Å². The maximum atomic E-state index is 12.4. The smallest absolute Gasteiger partial charge is 0.338 e. The fourth-order valence-electron chi connectivity index (χ4n) is 4.11. The molecule has 4 heteroatoms. The monoisotopic (exact) mass is 512 g/mol. The van der Waals surface area contributed by atoms with Crippen LogP contribution in [-0.2, 0) is 4.74 Å². The maximum absolute atomic E-state index is 12.4. The molecule has 0 saturated heterocycles. The SMILES string of the molecule is COC(=O)c1ccccc1C(=O)c1ccccc1.Cc1cccc(C(=O)c2ccc(-c3ccccc3)cc2)c1. The largest absolute Gasteiger partial charge is 0.465 e. The van der Waals surface area contributed by atoms with Gasteiger partial charge in [0, 0.05) is 22.3 Å². The Bertz CT molecular complexity index is 1570. The van der Waals surface area contributed by atoms with E-state index in [9.17, 15) is 14.4 Å². The molecule has 39 heavy (non-hydrogen) atoms. The van der Waals surface area contributed by atoms with E-state index in [0.29, 0.717) is 11.1 Å². The van der Waals surface area contributed by atoms with Crippen LogP contribution in [-0.4, -0.2) is 24.6 Å². The zero-order chi connectivity index (χ0) is 27.6. The summed E-state index contributed by atoms with van der Waals surface area (Å²) in [5.41, 5.74) is 6.03. The van der Waals surface area contributed by atoms with Gasteiger partial charge in [-0.2, -0.15) is 0 Å². The molecule has 0 bridgehead atoms. The third-order valence-corrected chi connectivity index (χ3v) is 6.15. The van der Waals surface area contributed by atoms with Crippen molar-refractivity contribution in [2.45, 2.75) is 6.92 Å². The van der Waals surface area contributed by atoms with Gasteiger partial charge in [-0.3, -0.25) is 9.59 Å². The Hall–Kier alpha value is -5.09. The second-order valence-electron chi connectivity index (χ2n) is 8.87. The van der Waals surface area contributed by atoms with E-state index in [-0.39, 0.29) is 17.1 Å². The van der Waals surface area contributed by atoms with Crippen molar-refractivity contribution in [1.82, 2.24) is 0 Å². The first-order valence-electron chi connectivity index (χ1n) is 12.5. The molecule has 5 rings (SSSR count). The van der Waals surface area contributed by atoms with Gasteiger partial charge in [-0.05, 0) is 30.2 Å². The molecule has 0 aliphatic heterocycles. The average Bonchev–Trinajstić information content (AvgIpc) is 3.01. The van der Waals surface area contributed by atoms with Crippen LogP contribution in [0.3, 0.4) is 0 Å². The molecule has 0 radical (unpaired) electrons. The highest BCUT2D eigenvalue weighted by atomic mass is 16.5. The normalized spacial score (nSPS) is 10.1. The Kier molecular flexibility index (Phi) is 8.94. The maximum Gasteiger partial charge on any atom is 0.338 e. The van der Waals surface area contributed by atoms with Gasteiger partial charge >= 0.3 is 5.97 Å². The summed E-state index contributed by atoms with van der Waals surface area (Å²) in [4.78, 5) is 36.3. The standard InChI is InChI=1S/C20H16O.C15H12O3/c1-15-6-5-9-19(14-15)20(21)18-12-10-17(11-13-18)16-7-3-2-4-8-16;1-18-15(17)13-10-6-5-9-12(13)14(16)11-7-3-2-4-8-11/h2-14H,1H3;2-10H,1H3. The third-order valence-electron chi connectivity index (χ3n) is 6.15. The molecule has 5 aromatic rings. The summed E-state index contributed by atoms with van der Waals surface area (Å²) in [5, 5.41) is 0. The lowest BCUT2D eigenvalue weighted by Crippen LogP contribution is -2.11. The number of aryl methyl sites for hydroxylation is 1. The van der Waals surface area contributed by atoms with Crippen molar-refractivity contribution in [3.05, 3.63) is 167 Å². The van der Waals surface area contributed by atoms with E-state index < -0.39 is 5.97 Å². The van der Waals surface area contributed by atoms with Gasteiger partial charge in [-0.1, -0.05) is 127 Å². The summed E-state index contributed by atoms with van der Waals surface area (Å²) in [5.74, 6) is -0.621. The molecule has 0 aromatic heterocycles. The lowest BCUT2D eigenvalue weighted by Gasteiger charge is -2.06. The highest BCUT2D eigenvalue weighted by Crippen LogP contribution is 2.21. The average molecular weight is 513 g/mol. The summed E-state index contributed by atoms with van der Waals surface area (Å²) in [6, 6.07) is 41.1. The van der Waals surface area contributed by atoms with Crippen LogP contribution >= 0.6 is 0 Å². The van der Waals surface area contributed by atoms with E-state index >= 15 is 0 Å². The molecule has 4 nitrogen and oxygen atoms in total. The van der Waals surface area contributed by atoms with Gasteiger partial charge in [-0.15, -0.1) is 0 Å². The van der Waals surface area contributed by atoms with E-state index in [4.69, 9.17) is 0 Å². The minimum atomic E-state index is -0.505. The second-order valence-corrected chi connectivity index (χ2v) is 8.87. The van der Waals surface area contributed by atoms with E-state index in [2.05, 4.69) is 16.9 Å². The summed E-state index contributed by atoms with van der Waals surface area (Å²) < 4.78 is 4.67. The topological polar surface area (TPSA) is 60.4 Å². The highest BCUT2D eigenvalue weighted by Gasteiger charge is 2.17. The summed E-state index contributed by atoms with van der Waals surface area (Å²) in [6.07, 6.45) is 0. The molecule has 0 fully saturated rings. The lowest BCUT2D eigenvalue weighted by atomic mass is 9.98. The Morgan fingerprint density at radius 2 is 1.00 bits per heavy atom. The fourth-order valence-corrected chi connectivity index (χ4v) is 4.11.